The SMILES string of the molecule is CCOC(=O)CCN(Cc1ccccc1)C(=O)Nc1cccc(Cl)c1. The van der Waals surface area contributed by atoms with E-state index in [9.17, 15) is 9.59 Å². The highest BCUT2D eigenvalue weighted by atomic mass is 35.5. The van der Waals surface area contributed by atoms with Gasteiger partial charge in [0.1, 0.15) is 0 Å². The summed E-state index contributed by atoms with van der Waals surface area (Å²) in [6.07, 6.45) is 0.142. The van der Waals surface area contributed by atoms with E-state index >= 15 is 0 Å². The molecule has 1 N–H and O–H groups in total. The summed E-state index contributed by atoms with van der Waals surface area (Å²) in [4.78, 5) is 25.8. The summed E-state index contributed by atoms with van der Waals surface area (Å²) in [6, 6.07) is 16.2. The van der Waals surface area contributed by atoms with Gasteiger partial charge in [0.05, 0.1) is 13.0 Å². The highest BCUT2D eigenvalue weighted by Crippen LogP contribution is 2.16. The third kappa shape index (κ3) is 6.47. The zero-order chi connectivity index (χ0) is 18.1. The minimum absolute atomic E-state index is 0.142. The summed E-state index contributed by atoms with van der Waals surface area (Å²) >= 11 is 5.95. The van der Waals surface area contributed by atoms with Gasteiger partial charge >= 0.3 is 12.0 Å². The number of rotatable bonds is 7. The van der Waals surface area contributed by atoms with Crippen LogP contribution in [0.3, 0.4) is 0 Å². The van der Waals surface area contributed by atoms with Gasteiger partial charge in [-0.1, -0.05) is 48.0 Å². The molecule has 5 nitrogen and oxygen atoms in total. The van der Waals surface area contributed by atoms with Gasteiger partial charge in [-0.05, 0) is 30.7 Å². The minimum Gasteiger partial charge on any atom is -0.466 e. The standard InChI is InChI=1S/C19H21ClN2O3/c1-2-25-18(23)11-12-22(14-15-7-4-3-5-8-15)19(24)21-17-10-6-9-16(20)13-17/h3-10,13H,2,11-12,14H2,1H3,(H,21,24). The lowest BCUT2D eigenvalue weighted by Gasteiger charge is -2.23. The number of urea groups is 1. The second-order valence-corrected chi connectivity index (χ2v) is 5.84. The van der Waals surface area contributed by atoms with Crippen molar-refractivity contribution in [2.75, 3.05) is 18.5 Å². The number of halogens is 1. The Kier molecular flexibility index (Phi) is 7.29. The van der Waals surface area contributed by atoms with E-state index in [1.165, 1.54) is 0 Å². The highest BCUT2D eigenvalue weighted by molar-refractivity contribution is 6.30. The van der Waals surface area contributed by atoms with E-state index in [1.54, 1.807) is 36.1 Å². The minimum atomic E-state index is -0.323. The number of carbonyl (C=O) groups excluding carboxylic acids is 2. The fourth-order valence-electron chi connectivity index (χ4n) is 2.28. The Morgan fingerprint density at radius 2 is 1.88 bits per heavy atom. The van der Waals surface area contributed by atoms with E-state index in [-0.39, 0.29) is 25.0 Å². The normalized spacial score (nSPS) is 10.2. The van der Waals surface area contributed by atoms with Crippen LogP contribution in [0.25, 0.3) is 0 Å². The second-order valence-electron chi connectivity index (χ2n) is 5.40. The Hall–Kier alpha value is -2.53. The Morgan fingerprint density at radius 3 is 2.56 bits per heavy atom. The summed E-state index contributed by atoms with van der Waals surface area (Å²) in [5.41, 5.74) is 1.58. The van der Waals surface area contributed by atoms with Crippen molar-refractivity contribution in [2.24, 2.45) is 0 Å². The van der Waals surface area contributed by atoms with Crippen molar-refractivity contribution in [1.82, 2.24) is 4.90 Å². The molecule has 132 valence electrons. The molecule has 25 heavy (non-hydrogen) atoms. The molecule has 0 spiro atoms. The topological polar surface area (TPSA) is 58.6 Å². The maximum atomic E-state index is 12.6. The lowest BCUT2D eigenvalue weighted by atomic mass is 10.2. The monoisotopic (exact) mass is 360 g/mol. The molecule has 0 saturated heterocycles. The van der Waals surface area contributed by atoms with Crippen LogP contribution in [0.4, 0.5) is 10.5 Å². The molecular formula is C19H21ClN2O3. The van der Waals surface area contributed by atoms with Gasteiger partial charge in [-0.15, -0.1) is 0 Å². The van der Waals surface area contributed by atoms with Gasteiger partial charge in [0.2, 0.25) is 0 Å². The van der Waals surface area contributed by atoms with Crippen molar-refractivity contribution >= 4 is 29.3 Å². The quantitative estimate of drug-likeness (QED) is 0.748. The number of carbonyl (C=O) groups is 2. The van der Waals surface area contributed by atoms with E-state index in [4.69, 9.17) is 16.3 Å². The Morgan fingerprint density at radius 1 is 1.12 bits per heavy atom. The Labute approximate surface area is 152 Å². The van der Waals surface area contributed by atoms with Crippen LogP contribution >= 0.6 is 11.6 Å². The summed E-state index contributed by atoms with van der Waals surface area (Å²) in [6.45, 7) is 2.74. The first-order chi connectivity index (χ1) is 12.1. The molecule has 0 radical (unpaired) electrons. The van der Waals surface area contributed by atoms with Gasteiger partial charge in [-0.3, -0.25) is 4.79 Å². The third-order valence-electron chi connectivity index (χ3n) is 3.47. The fourth-order valence-corrected chi connectivity index (χ4v) is 2.47. The maximum Gasteiger partial charge on any atom is 0.322 e. The molecule has 0 aromatic heterocycles. The number of nitrogens with one attached hydrogen (secondary N) is 1. The average molecular weight is 361 g/mol. The summed E-state index contributed by atoms with van der Waals surface area (Å²) in [5, 5.41) is 3.35. The zero-order valence-electron chi connectivity index (χ0n) is 14.1. The summed E-state index contributed by atoms with van der Waals surface area (Å²) in [5.74, 6) is -0.323. The average Bonchev–Trinajstić information content (AvgIpc) is 2.59. The number of ether oxygens (including phenoxy) is 1. The molecule has 0 saturated carbocycles. The molecule has 0 unspecified atom stereocenters. The zero-order valence-corrected chi connectivity index (χ0v) is 14.8. The van der Waals surface area contributed by atoms with Crippen molar-refractivity contribution in [1.29, 1.82) is 0 Å². The van der Waals surface area contributed by atoms with Crippen LogP contribution in [0.2, 0.25) is 5.02 Å². The predicted molar refractivity (Wildman–Crippen MR) is 98.6 cm³/mol. The predicted octanol–water partition coefficient (Wildman–Crippen LogP) is 4.33. The van der Waals surface area contributed by atoms with Crippen molar-refractivity contribution in [3.8, 4) is 0 Å². The number of amides is 2. The van der Waals surface area contributed by atoms with E-state index in [2.05, 4.69) is 5.32 Å². The molecule has 0 aliphatic heterocycles. The largest absolute Gasteiger partial charge is 0.466 e. The molecule has 0 heterocycles. The summed E-state index contributed by atoms with van der Waals surface area (Å²) < 4.78 is 4.94. The molecule has 6 heteroatoms. The molecule has 0 bridgehead atoms. The molecule has 0 atom stereocenters. The first-order valence-electron chi connectivity index (χ1n) is 8.09. The number of esters is 1. The van der Waals surface area contributed by atoms with E-state index < -0.39 is 0 Å². The summed E-state index contributed by atoms with van der Waals surface area (Å²) in [7, 11) is 0. The third-order valence-corrected chi connectivity index (χ3v) is 3.71. The lowest BCUT2D eigenvalue weighted by Crippen LogP contribution is -2.36. The fraction of sp³-hybridized carbons (Fsp3) is 0.263. The number of hydrogen-bond acceptors (Lipinski definition) is 3. The highest BCUT2D eigenvalue weighted by Gasteiger charge is 2.16. The molecule has 2 aromatic carbocycles. The Balaban J connectivity index is 2.06. The van der Waals surface area contributed by atoms with Gasteiger partial charge < -0.3 is 15.0 Å². The number of hydrogen-bond donors (Lipinski definition) is 1. The lowest BCUT2D eigenvalue weighted by molar-refractivity contribution is -0.143. The van der Waals surface area contributed by atoms with Crippen LogP contribution in [0.15, 0.2) is 54.6 Å². The van der Waals surface area contributed by atoms with E-state index in [0.717, 1.165) is 5.56 Å². The van der Waals surface area contributed by atoms with Crippen LogP contribution < -0.4 is 5.32 Å². The van der Waals surface area contributed by atoms with Crippen molar-refractivity contribution in [2.45, 2.75) is 19.9 Å². The second kappa shape index (κ2) is 9.69. The van der Waals surface area contributed by atoms with E-state index in [1.807, 2.05) is 30.3 Å². The van der Waals surface area contributed by atoms with Gasteiger partial charge in [0, 0.05) is 23.8 Å². The molecule has 0 fully saturated rings. The number of benzene rings is 2. The van der Waals surface area contributed by atoms with Crippen LogP contribution in [0.5, 0.6) is 0 Å². The smallest absolute Gasteiger partial charge is 0.322 e. The van der Waals surface area contributed by atoms with Gasteiger partial charge in [0.15, 0.2) is 0 Å². The van der Waals surface area contributed by atoms with Crippen LogP contribution in [0.1, 0.15) is 18.9 Å². The van der Waals surface area contributed by atoms with Gasteiger partial charge in [0.25, 0.3) is 0 Å². The van der Waals surface area contributed by atoms with Crippen molar-refractivity contribution in [3.05, 3.63) is 65.2 Å². The molecule has 2 amide bonds. The molecular weight excluding hydrogens is 340 g/mol. The van der Waals surface area contributed by atoms with Gasteiger partial charge in [-0.25, -0.2) is 4.79 Å². The maximum absolute atomic E-state index is 12.6. The first-order valence-corrected chi connectivity index (χ1v) is 8.47. The van der Waals surface area contributed by atoms with Crippen molar-refractivity contribution < 1.29 is 14.3 Å². The van der Waals surface area contributed by atoms with Gasteiger partial charge in [-0.2, -0.15) is 0 Å². The van der Waals surface area contributed by atoms with Crippen LogP contribution in [-0.2, 0) is 16.1 Å². The number of nitrogens with zero attached hydrogens (tertiary/aromatic N) is 1. The van der Waals surface area contributed by atoms with E-state index in [0.29, 0.717) is 23.9 Å². The first kappa shape index (κ1) is 18.8. The molecule has 2 aromatic rings. The molecule has 0 aliphatic carbocycles. The van der Waals surface area contributed by atoms with Crippen LogP contribution in [-0.4, -0.2) is 30.1 Å². The molecule has 0 aliphatic rings. The Bertz CT molecular complexity index is 707. The number of anilines is 1. The molecule has 2 rings (SSSR count). The van der Waals surface area contributed by atoms with Crippen molar-refractivity contribution in [3.63, 3.8) is 0 Å². The van der Waals surface area contributed by atoms with Crippen LogP contribution in [0, 0.1) is 0 Å².